The number of hydrogen-bond acceptors (Lipinski definition) is 2. The van der Waals surface area contributed by atoms with Crippen LogP contribution in [0.5, 0.6) is 0 Å². The number of carbonyl (C=O) groups excluding carboxylic acids is 1. The lowest BCUT2D eigenvalue weighted by Crippen LogP contribution is -2.49. The van der Waals surface area contributed by atoms with E-state index in [4.69, 9.17) is 5.73 Å². The van der Waals surface area contributed by atoms with E-state index in [9.17, 15) is 4.79 Å². The Hall–Kier alpha value is -0.570. The van der Waals surface area contributed by atoms with E-state index in [0.717, 1.165) is 0 Å². The molecule has 0 heterocycles. The highest BCUT2D eigenvalue weighted by atomic mass is 16.2. The third-order valence-corrected chi connectivity index (χ3v) is 4.73. The third-order valence-electron chi connectivity index (χ3n) is 4.73. The van der Waals surface area contributed by atoms with Crippen LogP contribution in [0.3, 0.4) is 0 Å². The molecule has 84 valence electrons. The van der Waals surface area contributed by atoms with Crippen molar-refractivity contribution in [1.29, 1.82) is 0 Å². The van der Waals surface area contributed by atoms with Crippen molar-refractivity contribution in [3.63, 3.8) is 0 Å². The molecule has 1 amide bonds. The molecule has 2 bridgehead atoms. The van der Waals surface area contributed by atoms with Crippen molar-refractivity contribution in [2.45, 2.75) is 50.6 Å². The lowest BCUT2D eigenvalue weighted by molar-refractivity contribution is -0.128. The van der Waals surface area contributed by atoms with Crippen LogP contribution in [-0.2, 0) is 4.79 Å². The van der Waals surface area contributed by atoms with Gasteiger partial charge in [0, 0.05) is 12.1 Å². The molecule has 3 aliphatic rings. The average molecular weight is 208 g/mol. The SMILES string of the molecule is NC1C2CCC(C2)C1C(=O)NC1CCC1. The fraction of sp³-hybridized carbons (Fsp3) is 0.917. The van der Waals surface area contributed by atoms with E-state index in [2.05, 4.69) is 5.32 Å². The molecule has 3 heteroatoms. The number of nitrogens with one attached hydrogen (secondary N) is 1. The zero-order valence-electron chi connectivity index (χ0n) is 9.11. The molecule has 3 rings (SSSR count). The Morgan fingerprint density at radius 3 is 2.40 bits per heavy atom. The van der Waals surface area contributed by atoms with Crippen molar-refractivity contribution in [3.05, 3.63) is 0 Å². The summed E-state index contributed by atoms with van der Waals surface area (Å²) in [6.45, 7) is 0. The van der Waals surface area contributed by atoms with Gasteiger partial charge in [0.25, 0.3) is 0 Å². The minimum Gasteiger partial charge on any atom is -0.353 e. The Bertz CT molecular complexity index is 273. The summed E-state index contributed by atoms with van der Waals surface area (Å²) in [5.41, 5.74) is 6.14. The number of hydrogen-bond donors (Lipinski definition) is 2. The summed E-state index contributed by atoms with van der Waals surface area (Å²) in [5.74, 6) is 1.60. The van der Waals surface area contributed by atoms with Crippen LogP contribution in [0.1, 0.15) is 38.5 Å². The molecule has 3 nitrogen and oxygen atoms in total. The monoisotopic (exact) mass is 208 g/mol. The zero-order valence-corrected chi connectivity index (χ0v) is 9.11. The number of carbonyl (C=O) groups is 1. The Balaban J connectivity index is 1.63. The van der Waals surface area contributed by atoms with E-state index < -0.39 is 0 Å². The van der Waals surface area contributed by atoms with Crippen LogP contribution in [0, 0.1) is 17.8 Å². The fourth-order valence-electron chi connectivity index (χ4n) is 3.57. The standard InChI is InChI=1S/C12H20N2O/c13-11-8-5-4-7(6-8)10(11)12(15)14-9-2-1-3-9/h7-11H,1-6,13H2,(H,14,15). The van der Waals surface area contributed by atoms with Gasteiger partial charge in [-0.3, -0.25) is 4.79 Å². The summed E-state index contributed by atoms with van der Waals surface area (Å²) in [6, 6.07) is 0.604. The number of amides is 1. The summed E-state index contributed by atoms with van der Waals surface area (Å²) in [6.07, 6.45) is 7.28. The topological polar surface area (TPSA) is 55.1 Å². The molecular weight excluding hydrogens is 188 g/mol. The van der Waals surface area contributed by atoms with Crippen LogP contribution in [0.4, 0.5) is 0 Å². The summed E-state index contributed by atoms with van der Waals surface area (Å²) < 4.78 is 0. The maximum Gasteiger partial charge on any atom is 0.225 e. The maximum absolute atomic E-state index is 12.1. The molecule has 0 aromatic heterocycles. The molecule has 15 heavy (non-hydrogen) atoms. The minimum atomic E-state index is 0.129. The van der Waals surface area contributed by atoms with E-state index in [0.29, 0.717) is 17.9 Å². The van der Waals surface area contributed by atoms with Crippen molar-refractivity contribution < 1.29 is 4.79 Å². The van der Waals surface area contributed by atoms with Gasteiger partial charge < -0.3 is 11.1 Å². The van der Waals surface area contributed by atoms with Gasteiger partial charge in [0.2, 0.25) is 5.91 Å². The van der Waals surface area contributed by atoms with Crippen LogP contribution in [0.25, 0.3) is 0 Å². The van der Waals surface area contributed by atoms with Crippen molar-refractivity contribution in [2.24, 2.45) is 23.5 Å². The second-order valence-corrected chi connectivity index (χ2v) is 5.57. The van der Waals surface area contributed by atoms with E-state index in [1.54, 1.807) is 0 Å². The first kappa shape index (κ1) is 9.64. The lowest BCUT2D eigenvalue weighted by atomic mass is 9.83. The Morgan fingerprint density at radius 1 is 1.13 bits per heavy atom. The van der Waals surface area contributed by atoms with Crippen molar-refractivity contribution in [2.75, 3.05) is 0 Å². The number of fused-ring (bicyclic) bond motifs is 2. The number of nitrogens with two attached hydrogens (primary N) is 1. The minimum absolute atomic E-state index is 0.129. The highest BCUT2D eigenvalue weighted by molar-refractivity contribution is 5.80. The van der Waals surface area contributed by atoms with Gasteiger partial charge in [0.05, 0.1) is 5.92 Å². The Kier molecular flexibility index (Phi) is 2.23. The van der Waals surface area contributed by atoms with E-state index in [1.165, 1.54) is 38.5 Å². The van der Waals surface area contributed by atoms with Gasteiger partial charge in [-0.2, -0.15) is 0 Å². The summed E-state index contributed by atoms with van der Waals surface area (Å²) in [4.78, 5) is 12.1. The van der Waals surface area contributed by atoms with E-state index in [1.807, 2.05) is 0 Å². The first-order valence-electron chi connectivity index (χ1n) is 6.31. The molecule has 0 radical (unpaired) electrons. The first-order chi connectivity index (χ1) is 7.25. The summed E-state index contributed by atoms with van der Waals surface area (Å²) >= 11 is 0. The molecule has 3 N–H and O–H groups in total. The second-order valence-electron chi connectivity index (χ2n) is 5.57. The molecular formula is C12H20N2O. The zero-order chi connectivity index (χ0) is 10.4. The molecule has 0 spiro atoms. The molecule has 0 aliphatic heterocycles. The Labute approximate surface area is 90.8 Å². The smallest absolute Gasteiger partial charge is 0.225 e. The van der Waals surface area contributed by atoms with Gasteiger partial charge in [0.1, 0.15) is 0 Å². The normalized spacial score (nSPS) is 44.1. The highest BCUT2D eigenvalue weighted by Crippen LogP contribution is 2.47. The van der Waals surface area contributed by atoms with Crippen molar-refractivity contribution >= 4 is 5.91 Å². The van der Waals surface area contributed by atoms with Crippen molar-refractivity contribution in [1.82, 2.24) is 5.32 Å². The second kappa shape index (κ2) is 3.48. The quantitative estimate of drug-likeness (QED) is 0.712. The van der Waals surface area contributed by atoms with E-state index in [-0.39, 0.29) is 17.9 Å². The number of rotatable bonds is 2. The Morgan fingerprint density at radius 2 is 1.87 bits per heavy atom. The molecule has 0 saturated heterocycles. The maximum atomic E-state index is 12.1. The first-order valence-corrected chi connectivity index (χ1v) is 6.31. The average Bonchev–Trinajstić information content (AvgIpc) is 2.70. The van der Waals surface area contributed by atoms with Gasteiger partial charge in [-0.05, 0) is 50.4 Å². The largest absolute Gasteiger partial charge is 0.353 e. The molecule has 0 aromatic rings. The molecule has 4 unspecified atom stereocenters. The van der Waals surface area contributed by atoms with Crippen LogP contribution in [-0.4, -0.2) is 18.0 Å². The van der Waals surface area contributed by atoms with Gasteiger partial charge >= 0.3 is 0 Å². The van der Waals surface area contributed by atoms with Crippen LogP contribution < -0.4 is 11.1 Å². The predicted octanol–water partition coefficient (Wildman–Crippen LogP) is 1.03. The fourth-order valence-corrected chi connectivity index (χ4v) is 3.57. The third kappa shape index (κ3) is 1.48. The summed E-state index contributed by atoms with van der Waals surface area (Å²) in [5, 5.41) is 3.15. The van der Waals surface area contributed by atoms with Gasteiger partial charge in [-0.25, -0.2) is 0 Å². The van der Waals surface area contributed by atoms with Gasteiger partial charge in [-0.15, -0.1) is 0 Å². The lowest BCUT2D eigenvalue weighted by Gasteiger charge is -2.32. The predicted molar refractivity (Wildman–Crippen MR) is 58.1 cm³/mol. The van der Waals surface area contributed by atoms with Crippen LogP contribution >= 0.6 is 0 Å². The molecule has 3 fully saturated rings. The molecule has 0 aromatic carbocycles. The molecule has 3 aliphatic carbocycles. The molecule has 3 saturated carbocycles. The van der Waals surface area contributed by atoms with Crippen molar-refractivity contribution in [3.8, 4) is 0 Å². The van der Waals surface area contributed by atoms with Gasteiger partial charge in [-0.1, -0.05) is 0 Å². The van der Waals surface area contributed by atoms with Gasteiger partial charge in [0.15, 0.2) is 0 Å². The highest BCUT2D eigenvalue weighted by Gasteiger charge is 2.49. The van der Waals surface area contributed by atoms with Crippen LogP contribution in [0.2, 0.25) is 0 Å². The summed E-state index contributed by atoms with van der Waals surface area (Å²) in [7, 11) is 0. The molecule has 4 atom stereocenters. The van der Waals surface area contributed by atoms with Crippen LogP contribution in [0.15, 0.2) is 0 Å². The van der Waals surface area contributed by atoms with E-state index >= 15 is 0 Å².